The number of hydrogen-bond donors (Lipinski definition) is 1. The normalized spacial score (nSPS) is 24.0. The zero-order valence-corrected chi connectivity index (χ0v) is 13.7. The monoisotopic (exact) mass is 333 g/mol. The fourth-order valence-electron chi connectivity index (χ4n) is 2.32. The zero-order chi connectivity index (χ0) is 15.5. The number of ether oxygens (including phenoxy) is 1. The van der Waals surface area contributed by atoms with Crippen molar-refractivity contribution >= 4 is 27.3 Å². The van der Waals surface area contributed by atoms with Crippen LogP contribution in [0.15, 0.2) is 18.3 Å². The Balaban J connectivity index is 1.89. The highest BCUT2D eigenvalue weighted by Crippen LogP contribution is 2.15. The first-order valence-corrected chi connectivity index (χ1v) is 8.84. The number of hydrogen-bond acceptors (Lipinski definition) is 5. The van der Waals surface area contributed by atoms with Gasteiger partial charge in [0.25, 0.3) is 0 Å². The van der Waals surface area contributed by atoms with E-state index in [0.717, 1.165) is 5.69 Å². The fourth-order valence-corrected chi connectivity index (χ4v) is 3.99. The van der Waals surface area contributed by atoms with Gasteiger partial charge in [0.1, 0.15) is 5.15 Å². The van der Waals surface area contributed by atoms with Gasteiger partial charge < -0.3 is 10.1 Å². The van der Waals surface area contributed by atoms with Crippen molar-refractivity contribution in [1.82, 2.24) is 9.29 Å². The topological polar surface area (TPSA) is 71.5 Å². The lowest BCUT2D eigenvalue weighted by Gasteiger charge is -2.34. The molecule has 1 aromatic rings. The molecular weight excluding hydrogens is 314 g/mol. The van der Waals surface area contributed by atoms with Crippen molar-refractivity contribution in [1.29, 1.82) is 0 Å². The van der Waals surface area contributed by atoms with Crippen LogP contribution in [0.3, 0.4) is 0 Å². The maximum atomic E-state index is 12.3. The Kier molecular flexibility index (Phi) is 5.43. The Labute approximate surface area is 130 Å². The molecule has 2 heterocycles. The number of nitrogens with zero attached hydrogens (tertiary/aromatic N) is 2. The van der Waals surface area contributed by atoms with E-state index in [2.05, 4.69) is 10.3 Å². The summed E-state index contributed by atoms with van der Waals surface area (Å²) < 4.78 is 31.7. The highest BCUT2D eigenvalue weighted by atomic mass is 35.5. The van der Waals surface area contributed by atoms with Gasteiger partial charge in [-0.1, -0.05) is 11.6 Å². The molecule has 0 amide bonds. The van der Waals surface area contributed by atoms with Gasteiger partial charge in [0.15, 0.2) is 0 Å². The molecule has 1 aromatic heterocycles. The lowest BCUT2D eigenvalue weighted by atomic mass is 10.3. The quantitative estimate of drug-likeness (QED) is 0.828. The molecule has 0 bridgehead atoms. The molecule has 1 saturated heterocycles. The zero-order valence-electron chi connectivity index (χ0n) is 12.1. The number of sulfonamides is 1. The van der Waals surface area contributed by atoms with Gasteiger partial charge in [-0.25, -0.2) is 13.4 Å². The van der Waals surface area contributed by atoms with Crippen molar-refractivity contribution in [2.45, 2.75) is 26.1 Å². The minimum atomic E-state index is -3.29. The van der Waals surface area contributed by atoms with Crippen molar-refractivity contribution in [3.63, 3.8) is 0 Å². The van der Waals surface area contributed by atoms with Gasteiger partial charge in [-0.3, -0.25) is 0 Å². The first-order valence-electron chi connectivity index (χ1n) is 6.85. The van der Waals surface area contributed by atoms with Gasteiger partial charge in [0.2, 0.25) is 10.0 Å². The van der Waals surface area contributed by atoms with Crippen LogP contribution in [0.4, 0.5) is 5.69 Å². The smallest absolute Gasteiger partial charge is 0.216 e. The Morgan fingerprint density at radius 3 is 2.71 bits per heavy atom. The van der Waals surface area contributed by atoms with Crippen LogP contribution in [-0.2, 0) is 14.8 Å². The van der Waals surface area contributed by atoms with Crippen molar-refractivity contribution in [3.8, 4) is 0 Å². The highest BCUT2D eigenvalue weighted by Gasteiger charge is 2.30. The molecule has 8 heteroatoms. The van der Waals surface area contributed by atoms with E-state index in [1.54, 1.807) is 18.3 Å². The number of rotatable bonds is 5. The summed E-state index contributed by atoms with van der Waals surface area (Å²) >= 11 is 5.78. The molecule has 1 fully saturated rings. The molecule has 2 unspecified atom stereocenters. The number of anilines is 1. The Hall–Kier alpha value is -0.890. The minimum Gasteiger partial charge on any atom is -0.384 e. The van der Waals surface area contributed by atoms with E-state index in [1.807, 2.05) is 13.8 Å². The number of aromatic nitrogens is 1. The molecule has 2 atom stereocenters. The third kappa shape index (κ3) is 4.81. The van der Waals surface area contributed by atoms with Gasteiger partial charge in [-0.15, -0.1) is 0 Å². The SMILES string of the molecule is CC1CN(S(=O)(=O)CCNc2ccnc(Cl)c2)CC(C)O1. The molecule has 0 radical (unpaired) electrons. The predicted octanol–water partition coefficient (Wildman–Crippen LogP) is 1.59. The molecule has 0 aliphatic carbocycles. The summed E-state index contributed by atoms with van der Waals surface area (Å²) in [4.78, 5) is 3.87. The second kappa shape index (κ2) is 6.91. The molecule has 2 rings (SSSR count). The van der Waals surface area contributed by atoms with Crippen LogP contribution in [0.2, 0.25) is 5.15 Å². The Morgan fingerprint density at radius 2 is 2.10 bits per heavy atom. The van der Waals surface area contributed by atoms with Gasteiger partial charge in [-0.2, -0.15) is 4.31 Å². The Morgan fingerprint density at radius 1 is 1.43 bits per heavy atom. The molecule has 21 heavy (non-hydrogen) atoms. The fraction of sp³-hybridized carbons (Fsp3) is 0.615. The molecule has 118 valence electrons. The lowest BCUT2D eigenvalue weighted by Crippen LogP contribution is -2.49. The summed E-state index contributed by atoms with van der Waals surface area (Å²) in [5.41, 5.74) is 0.758. The Bertz CT molecular complexity index is 572. The van der Waals surface area contributed by atoms with E-state index in [9.17, 15) is 8.42 Å². The molecular formula is C13H20ClN3O3S. The van der Waals surface area contributed by atoms with Crippen LogP contribution in [-0.4, -0.2) is 55.3 Å². The summed E-state index contributed by atoms with van der Waals surface area (Å²) in [6.45, 7) is 4.91. The molecule has 1 aliphatic heterocycles. The van der Waals surface area contributed by atoms with Crippen LogP contribution in [0.25, 0.3) is 0 Å². The van der Waals surface area contributed by atoms with E-state index in [1.165, 1.54) is 4.31 Å². The van der Waals surface area contributed by atoms with E-state index in [4.69, 9.17) is 16.3 Å². The van der Waals surface area contributed by atoms with Crippen molar-refractivity contribution in [2.75, 3.05) is 30.7 Å². The summed E-state index contributed by atoms with van der Waals surface area (Å²) in [5, 5.41) is 3.42. The van der Waals surface area contributed by atoms with Gasteiger partial charge in [-0.05, 0) is 26.0 Å². The number of nitrogens with one attached hydrogen (secondary N) is 1. The van der Waals surface area contributed by atoms with Crippen LogP contribution < -0.4 is 5.32 Å². The third-order valence-electron chi connectivity index (χ3n) is 3.20. The second-order valence-electron chi connectivity index (χ2n) is 5.18. The molecule has 0 aromatic carbocycles. The molecule has 0 saturated carbocycles. The molecule has 0 spiro atoms. The summed E-state index contributed by atoms with van der Waals surface area (Å²) in [5.74, 6) is 0.0341. The average Bonchev–Trinajstić information content (AvgIpc) is 2.37. The van der Waals surface area contributed by atoms with E-state index < -0.39 is 10.0 Å². The van der Waals surface area contributed by atoms with E-state index in [0.29, 0.717) is 24.8 Å². The molecule has 6 nitrogen and oxygen atoms in total. The first kappa shape index (κ1) is 16.5. The minimum absolute atomic E-state index is 0.0341. The summed E-state index contributed by atoms with van der Waals surface area (Å²) in [6, 6.07) is 3.41. The molecule has 1 aliphatic rings. The van der Waals surface area contributed by atoms with Crippen LogP contribution in [0.5, 0.6) is 0 Å². The number of morpholine rings is 1. The van der Waals surface area contributed by atoms with Crippen molar-refractivity contribution in [2.24, 2.45) is 0 Å². The van der Waals surface area contributed by atoms with E-state index >= 15 is 0 Å². The summed E-state index contributed by atoms with van der Waals surface area (Å²) in [7, 11) is -3.29. The van der Waals surface area contributed by atoms with Crippen LogP contribution >= 0.6 is 11.6 Å². The second-order valence-corrected chi connectivity index (χ2v) is 7.66. The maximum Gasteiger partial charge on any atom is 0.216 e. The molecule has 1 N–H and O–H groups in total. The number of halogens is 1. The largest absolute Gasteiger partial charge is 0.384 e. The highest BCUT2D eigenvalue weighted by molar-refractivity contribution is 7.89. The van der Waals surface area contributed by atoms with Gasteiger partial charge in [0, 0.05) is 31.5 Å². The van der Waals surface area contributed by atoms with Crippen LogP contribution in [0.1, 0.15) is 13.8 Å². The summed E-state index contributed by atoms with van der Waals surface area (Å²) in [6.07, 6.45) is 1.43. The van der Waals surface area contributed by atoms with Gasteiger partial charge >= 0.3 is 0 Å². The lowest BCUT2D eigenvalue weighted by molar-refractivity contribution is -0.0440. The number of pyridine rings is 1. The van der Waals surface area contributed by atoms with Crippen molar-refractivity contribution in [3.05, 3.63) is 23.5 Å². The third-order valence-corrected chi connectivity index (χ3v) is 5.21. The standard InChI is InChI=1S/C13H20ClN3O3S/c1-10-8-17(9-11(2)20-10)21(18,19)6-5-15-12-3-4-16-13(14)7-12/h3-4,7,10-11H,5-6,8-9H2,1-2H3,(H,15,16). The van der Waals surface area contributed by atoms with Crippen molar-refractivity contribution < 1.29 is 13.2 Å². The average molecular weight is 334 g/mol. The maximum absolute atomic E-state index is 12.3. The predicted molar refractivity (Wildman–Crippen MR) is 83.1 cm³/mol. The van der Waals surface area contributed by atoms with Crippen LogP contribution in [0, 0.1) is 0 Å². The first-order chi connectivity index (χ1) is 9.87. The van der Waals surface area contributed by atoms with Gasteiger partial charge in [0.05, 0.1) is 18.0 Å². The van der Waals surface area contributed by atoms with E-state index in [-0.39, 0.29) is 18.0 Å².